The Morgan fingerprint density at radius 3 is 3.10 bits per heavy atom. The first-order chi connectivity index (χ1) is 10.1. The number of hydrogen-bond donors (Lipinski definition) is 2. The zero-order chi connectivity index (χ0) is 15.4. The van der Waals surface area contributed by atoms with Crippen molar-refractivity contribution in [2.75, 3.05) is 18.5 Å². The van der Waals surface area contributed by atoms with E-state index in [0.717, 1.165) is 5.56 Å². The summed E-state index contributed by atoms with van der Waals surface area (Å²) in [6, 6.07) is -0.495. The minimum absolute atomic E-state index is 0.267. The summed E-state index contributed by atoms with van der Waals surface area (Å²) in [5, 5.41) is 15.9. The number of rotatable bonds is 5. The van der Waals surface area contributed by atoms with E-state index in [1.165, 1.54) is 4.57 Å². The fourth-order valence-electron chi connectivity index (χ4n) is 2.36. The van der Waals surface area contributed by atoms with Crippen molar-refractivity contribution in [1.29, 1.82) is 0 Å². The highest BCUT2D eigenvalue weighted by molar-refractivity contribution is 5.41. The number of ether oxygens (including phenoxy) is 1. The zero-order valence-electron chi connectivity index (χ0n) is 11.9. The van der Waals surface area contributed by atoms with Crippen molar-refractivity contribution < 1.29 is 9.84 Å². The molecule has 2 N–H and O–H groups in total. The second-order valence-electron chi connectivity index (χ2n) is 4.81. The first kappa shape index (κ1) is 15.3. The molecule has 0 unspecified atom stereocenters. The van der Waals surface area contributed by atoms with Crippen LogP contribution < -0.4 is 11.0 Å². The fraction of sp³-hybridized carbons (Fsp3) is 0.667. The fourth-order valence-corrected chi connectivity index (χ4v) is 2.36. The Kier molecular flexibility index (Phi) is 4.79. The van der Waals surface area contributed by atoms with Gasteiger partial charge in [0.2, 0.25) is 0 Å². The maximum atomic E-state index is 12.1. The SMILES string of the molecule is CCNc1nc(=O)n([C@@H]2C[C@@H](N=[N+]=[N-])[C@@H](CO)O2)cc1C. The smallest absolute Gasteiger partial charge is 0.351 e. The number of azide groups is 1. The van der Waals surface area contributed by atoms with Crippen LogP contribution in [0.25, 0.3) is 10.4 Å². The number of aliphatic hydroxyl groups excluding tert-OH is 1. The Balaban J connectivity index is 2.29. The van der Waals surface area contributed by atoms with E-state index in [1.807, 2.05) is 13.8 Å². The van der Waals surface area contributed by atoms with E-state index in [2.05, 4.69) is 20.3 Å². The first-order valence-corrected chi connectivity index (χ1v) is 6.74. The average molecular weight is 294 g/mol. The van der Waals surface area contributed by atoms with Gasteiger partial charge in [-0.05, 0) is 19.4 Å². The molecule has 1 aliphatic heterocycles. The number of nitrogens with zero attached hydrogens (tertiary/aromatic N) is 5. The minimum Gasteiger partial charge on any atom is -0.394 e. The summed E-state index contributed by atoms with van der Waals surface area (Å²) in [6.45, 7) is 4.16. The summed E-state index contributed by atoms with van der Waals surface area (Å²) >= 11 is 0. The Morgan fingerprint density at radius 2 is 2.48 bits per heavy atom. The van der Waals surface area contributed by atoms with E-state index < -0.39 is 24.1 Å². The molecule has 1 aromatic heterocycles. The van der Waals surface area contributed by atoms with Crippen molar-refractivity contribution in [3.8, 4) is 0 Å². The molecule has 0 spiro atoms. The van der Waals surface area contributed by atoms with Gasteiger partial charge in [0.1, 0.15) is 12.0 Å². The Labute approximate surface area is 121 Å². The third kappa shape index (κ3) is 3.15. The molecule has 0 aromatic carbocycles. The molecule has 1 saturated heterocycles. The van der Waals surface area contributed by atoms with Gasteiger partial charge >= 0.3 is 5.69 Å². The van der Waals surface area contributed by atoms with Crippen LogP contribution in [0.3, 0.4) is 0 Å². The van der Waals surface area contributed by atoms with Crippen molar-refractivity contribution in [1.82, 2.24) is 9.55 Å². The number of hydrogen-bond acceptors (Lipinski definition) is 6. The monoisotopic (exact) mass is 294 g/mol. The van der Waals surface area contributed by atoms with Gasteiger partial charge in [0.05, 0.1) is 18.8 Å². The molecular formula is C12H18N6O3. The van der Waals surface area contributed by atoms with Crippen LogP contribution in [0.1, 0.15) is 25.1 Å². The quantitative estimate of drug-likeness (QED) is 0.475. The standard InChI is InChI=1S/C12H18N6O3/c1-3-14-11-7(2)5-18(12(20)15-11)10-4-8(16-17-13)9(6-19)21-10/h5,8-10,19H,3-4,6H2,1-2H3,(H,14,15,20)/t8-,9-,10+/m1/s1. The molecule has 1 fully saturated rings. The van der Waals surface area contributed by atoms with E-state index in [-0.39, 0.29) is 6.61 Å². The molecule has 114 valence electrons. The number of anilines is 1. The van der Waals surface area contributed by atoms with Gasteiger partial charge in [-0.2, -0.15) is 4.98 Å². The molecule has 2 rings (SSSR count). The van der Waals surface area contributed by atoms with Crippen LogP contribution in [0.4, 0.5) is 5.82 Å². The maximum absolute atomic E-state index is 12.1. The molecule has 9 heteroatoms. The van der Waals surface area contributed by atoms with Crippen molar-refractivity contribution >= 4 is 5.82 Å². The molecule has 1 aromatic rings. The third-order valence-corrected chi connectivity index (χ3v) is 3.37. The Bertz CT molecular complexity index is 610. The molecule has 0 aliphatic carbocycles. The lowest BCUT2D eigenvalue weighted by Gasteiger charge is -2.16. The molecule has 9 nitrogen and oxygen atoms in total. The topological polar surface area (TPSA) is 125 Å². The van der Waals surface area contributed by atoms with Crippen LogP contribution in [-0.2, 0) is 4.74 Å². The number of nitrogens with one attached hydrogen (secondary N) is 1. The van der Waals surface area contributed by atoms with Crippen LogP contribution in [0.15, 0.2) is 16.1 Å². The molecule has 1 aliphatic rings. The van der Waals surface area contributed by atoms with Crippen LogP contribution in [0.5, 0.6) is 0 Å². The molecule has 0 saturated carbocycles. The highest BCUT2D eigenvalue weighted by Gasteiger charge is 2.35. The highest BCUT2D eigenvalue weighted by Crippen LogP contribution is 2.30. The second kappa shape index (κ2) is 6.57. The largest absolute Gasteiger partial charge is 0.394 e. The van der Waals surface area contributed by atoms with E-state index >= 15 is 0 Å². The number of aryl methyl sites for hydroxylation is 1. The highest BCUT2D eigenvalue weighted by atomic mass is 16.5. The number of aliphatic hydroxyl groups is 1. The van der Waals surface area contributed by atoms with Crippen LogP contribution in [-0.4, -0.2) is 40.0 Å². The molecule has 21 heavy (non-hydrogen) atoms. The summed E-state index contributed by atoms with van der Waals surface area (Å²) in [5.41, 5.74) is 8.89. The average Bonchev–Trinajstić information content (AvgIpc) is 2.86. The van der Waals surface area contributed by atoms with Crippen molar-refractivity contribution in [3.05, 3.63) is 32.7 Å². The normalized spacial score (nSPS) is 24.6. The minimum atomic E-state index is -0.605. The summed E-state index contributed by atoms with van der Waals surface area (Å²) < 4.78 is 6.95. The second-order valence-corrected chi connectivity index (χ2v) is 4.81. The maximum Gasteiger partial charge on any atom is 0.351 e. The molecule has 0 radical (unpaired) electrons. The zero-order valence-corrected chi connectivity index (χ0v) is 11.9. The summed E-state index contributed by atoms with van der Waals surface area (Å²) in [4.78, 5) is 18.8. The first-order valence-electron chi connectivity index (χ1n) is 6.74. The van der Waals surface area contributed by atoms with Crippen molar-refractivity contribution in [3.63, 3.8) is 0 Å². The lowest BCUT2D eigenvalue weighted by Crippen LogP contribution is -2.29. The van der Waals surface area contributed by atoms with Crippen LogP contribution >= 0.6 is 0 Å². The lowest BCUT2D eigenvalue weighted by molar-refractivity contribution is -0.0270. The van der Waals surface area contributed by atoms with Gasteiger partial charge < -0.3 is 15.2 Å². The van der Waals surface area contributed by atoms with Crippen LogP contribution in [0, 0.1) is 6.92 Å². The lowest BCUT2D eigenvalue weighted by atomic mass is 10.1. The van der Waals surface area contributed by atoms with Crippen molar-refractivity contribution in [2.45, 2.75) is 38.6 Å². The molecule has 0 bridgehead atoms. The van der Waals surface area contributed by atoms with Gasteiger partial charge in [0.15, 0.2) is 0 Å². The Hall–Kier alpha value is -2.09. The molecule has 3 atom stereocenters. The summed E-state index contributed by atoms with van der Waals surface area (Å²) in [5.74, 6) is 0.544. The van der Waals surface area contributed by atoms with E-state index in [9.17, 15) is 9.90 Å². The van der Waals surface area contributed by atoms with Gasteiger partial charge in [0, 0.05) is 29.6 Å². The van der Waals surface area contributed by atoms with Crippen LogP contribution in [0.2, 0.25) is 0 Å². The predicted molar refractivity (Wildman–Crippen MR) is 75.9 cm³/mol. The molecular weight excluding hydrogens is 276 g/mol. The van der Waals surface area contributed by atoms with Gasteiger partial charge in [-0.3, -0.25) is 4.57 Å². The van der Waals surface area contributed by atoms with E-state index in [1.54, 1.807) is 6.20 Å². The number of aromatic nitrogens is 2. The van der Waals surface area contributed by atoms with Gasteiger partial charge in [-0.1, -0.05) is 5.11 Å². The van der Waals surface area contributed by atoms with Gasteiger partial charge in [-0.15, -0.1) is 0 Å². The summed E-state index contributed by atoms with van der Waals surface area (Å²) in [6.07, 6.45) is 0.792. The predicted octanol–water partition coefficient (Wildman–Crippen LogP) is 0.942. The summed E-state index contributed by atoms with van der Waals surface area (Å²) in [7, 11) is 0. The Morgan fingerprint density at radius 1 is 1.71 bits per heavy atom. The third-order valence-electron chi connectivity index (χ3n) is 3.37. The van der Waals surface area contributed by atoms with Gasteiger partial charge in [-0.25, -0.2) is 4.79 Å². The molecule has 0 amide bonds. The van der Waals surface area contributed by atoms with Crippen molar-refractivity contribution in [2.24, 2.45) is 5.11 Å². The van der Waals surface area contributed by atoms with E-state index in [0.29, 0.717) is 18.8 Å². The molecule has 2 heterocycles. The van der Waals surface area contributed by atoms with Gasteiger partial charge in [0.25, 0.3) is 0 Å². The van der Waals surface area contributed by atoms with E-state index in [4.69, 9.17) is 10.3 Å².